The Bertz CT molecular complexity index is 713. The highest BCUT2D eigenvalue weighted by Crippen LogP contribution is 2.19. The molecule has 0 amide bonds. The molecule has 0 aliphatic carbocycles. The van der Waals surface area contributed by atoms with Gasteiger partial charge in [-0.25, -0.2) is 9.97 Å². The zero-order valence-electron chi connectivity index (χ0n) is 14.8. The average molecular weight is 419 g/mol. The lowest BCUT2D eigenvalue weighted by Crippen LogP contribution is -2.37. The van der Waals surface area contributed by atoms with Crippen LogP contribution in [-0.2, 0) is 16.0 Å². The number of nitrogens with one attached hydrogen (secondary N) is 1. The molecular formula is C19H23BrN4O2. The topological polar surface area (TPSA) is 67.3 Å². The SMILES string of the molecule is COC(=O)C1CCN(CCc2ccc(Nc3ncc(Br)cn3)cc2)CC1. The number of carbonyl (C=O) groups is 1. The van der Waals surface area contributed by atoms with Crippen LogP contribution in [0.5, 0.6) is 0 Å². The van der Waals surface area contributed by atoms with Gasteiger partial charge in [0.05, 0.1) is 17.5 Å². The number of aromatic nitrogens is 2. The van der Waals surface area contributed by atoms with Gasteiger partial charge in [-0.3, -0.25) is 4.79 Å². The van der Waals surface area contributed by atoms with E-state index in [-0.39, 0.29) is 11.9 Å². The fourth-order valence-electron chi connectivity index (χ4n) is 3.11. The zero-order chi connectivity index (χ0) is 18.4. The van der Waals surface area contributed by atoms with E-state index in [1.54, 1.807) is 12.4 Å². The molecule has 138 valence electrons. The number of halogens is 1. The smallest absolute Gasteiger partial charge is 0.308 e. The van der Waals surface area contributed by atoms with E-state index in [0.717, 1.165) is 49.1 Å². The Morgan fingerprint density at radius 2 is 1.88 bits per heavy atom. The van der Waals surface area contributed by atoms with E-state index in [0.29, 0.717) is 5.95 Å². The molecule has 1 N–H and O–H groups in total. The lowest BCUT2D eigenvalue weighted by atomic mass is 9.97. The van der Waals surface area contributed by atoms with Crippen molar-refractivity contribution in [3.05, 3.63) is 46.7 Å². The molecule has 3 rings (SSSR count). The Kier molecular flexibility index (Phi) is 6.57. The van der Waals surface area contributed by atoms with Gasteiger partial charge in [0.15, 0.2) is 0 Å². The highest BCUT2D eigenvalue weighted by molar-refractivity contribution is 9.10. The van der Waals surface area contributed by atoms with Crippen molar-refractivity contribution < 1.29 is 9.53 Å². The Morgan fingerprint density at radius 1 is 1.23 bits per heavy atom. The lowest BCUT2D eigenvalue weighted by Gasteiger charge is -2.30. The summed E-state index contributed by atoms with van der Waals surface area (Å²) < 4.78 is 5.69. The molecular weight excluding hydrogens is 396 g/mol. The second kappa shape index (κ2) is 9.09. The monoisotopic (exact) mass is 418 g/mol. The highest BCUT2D eigenvalue weighted by atomic mass is 79.9. The molecule has 1 aliphatic heterocycles. The molecule has 1 aromatic heterocycles. The first-order valence-electron chi connectivity index (χ1n) is 8.78. The van der Waals surface area contributed by atoms with Crippen molar-refractivity contribution >= 4 is 33.5 Å². The molecule has 1 saturated heterocycles. The van der Waals surface area contributed by atoms with Gasteiger partial charge in [-0.05, 0) is 66.0 Å². The van der Waals surface area contributed by atoms with Crippen LogP contribution in [0.15, 0.2) is 41.1 Å². The van der Waals surface area contributed by atoms with Gasteiger partial charge in [-0.2, -0.15) is 0 Å². The standard InChI is InChI=1S/C19H23BrN4O2/c1-26-18(25)15-7-10-24(11-8-15)9-6-14-2-4-17(5-3-14)23-19-21-12-16(20)13-22-19/h2-5,12-13,15H,6-11H2,1H3,(H,21,22,23). The van der Waals surface area contributed by atoms with Gasteiger partial charge < -0.3 is 15.0 Å². The number of likely N-dealkylation sites (tertiary alicyclic amines) is 1. The van der Waals surface area contributed by atoms with Crippen molar-refractivity contribution in [1.29, 1.82) is 0 Å². The molecule has 2 heterocycles. The summed E-state index contributed by atoms with van der Waals surface area (Å²) in [6.07, 6.45) is 6.21. The zero-order valence-corrected chi connectivity index (χ0v) is 16.4. The molecule has 0 radical (unpaired) electrons. The largest absolute Gasteiger partial charge is 0.469 e. The summed E-state index contributed by atoms with van der Waals surface area (Å²) >= 11 is 3.32. The second-order valence-electron chi connectivity index (χ2n) is 6.44. The summed E-state index contributed by atoms with van der Waals surface area (Å²) in [5.74, 6) is 0.583. The quantitative estimate of drug-likeness (QED) is 0.724. The first-order valence-corrected chi connectivity index (χ1v) is 9.57. The third-order valence-electron chi connectivity index (χ3n) is 4.67. The van der Waals surface area contributed by atoms with Crippen LogP contribution >= 0.6 is 15.9 Å². The third kappa shape index (κ3) is 5.25. The van der Waals surface area contributed by atoms with Crippen LogP contribution in [0.25, 0.3) is 0 Å². The summed E-state index contributed by atoms with van der Waals surface area (Å²) in [4.78, 5) is 22.4. The number of esters is 1. The van der Waals surface area contributed by atoms with Crippen molar-refractivity contribution in [2.24, 2.45) is 5.92 Å². The molecule has 7 heteroatoms. The molecule has 0 saturated carbocycles. The third-order valence-corrected chi connectivity index (χ3v) is 5.08. The van der Waals surface area contributed by atoms with Crippen molar-refractivity contribution in [3.63, 3.8) is 0 Å². The minimum absolute atomic E-state index is 0.0671. The van der Waals surface area contributed by atoms with Gasteiger partial charge in [-0.1, -0.05) is 12.1 Å². The molecule has 26 heavy (non-hydrogen) atoms. The predicted molar refractivity (Wildman–Crippen MR) is 104 cm³/mol. The number of nitrogens with zero attached hydrogens (tertiary/aromatic N) is 3. The minimum atomic E-state index is -0.0671. The number of rotatable bonds is 6. The predicted octanol–water partition coefficient (Wildman–Crippen LogP) is 3.41. The van der Waals surface area contributed by atoms with E-state index < -0.39 is 0 Å². The molecule has 1 fully saturated rings. The number of anilines is 2. The molecule has 2 aromatic rings. The molecule has 0 spiro atoms. The van der Waals surface area contributed by atoms with E-state index in [9.17, 15) is 4.79 Å². The van der Waals surface area contributed by atoms with Crippen molar-refractivity contribution in [2.75, 3.05) is 32.1 Å². The maximum Gasteiger partial charge on any atom is 0.308 e. The first kappa shape index (κ1) is 18.8. The molecule has 6 nitrogen and oxygen atoms in total. The summed E-state index contributed by atoms with van der Waals surface area (Å²) in [5.41, 5.74) is 2.26. The van der Waals surface area contributed by atoms with Crippen LogP contribution in [0.1, 0.15) is 18.4 Å². The number of piperidine rings is 1. The van der Waals surface area contributed by atoms with Crippen LogP contribution in [-0.4, -0.2) is 47.6 Å². The van der Waals surface area contributed by atoms with Crippen LogP contribution in [0.2, 0.25) is 0 Å². The Morgan fingerprint density at radius 3 is 2.50 bits per heavy atom. The number of methoxy groups -OCH3 is 1. The van der Waals surface area contributed by atoms with Crippen LogP contribution in [0.3, 0.4) is 0 Å². The number of ether oxygens (including phenoxy) is 1. The van der Waals surface area contributed by atoms with E-state index in [1.807, 2.05) is 12.1 Å². The Balaban J connectivity index is 1.45. The second-order valence-corrected chi connectivity index (χ2v) is 7.35. The minimum Gasteiger partial charge on any atom is -0.469 e. The summed E-state index contributed by atoms with van der Waals surface area (Å²) in [7, 11) is 1.47. The maximum atomic E-state index is 11.6. The molecule has 0 atom stereocenters. The average Bonchev–Trinajstić information content (AvgIpc) is 2.69. The molecule has 0 bridgehead atoms. The summed E-state index contributed by atoms with van der Waals surface area (Å²) in [5, 5.41) is 3.19. The molecule has 1 aromatic carbocycles. The van der Waals surface area contributed by atoms with Gasteiger partial charge in [0.1, 0.15) is 0 Å². The van der Waals surface area contributed by atoms with E-state index >= 15 is 0 Å². The number of carbonyl (C=O) groups excluding carboxylic acids is 1. The number of benzene rings is 1. The lowest BCUT2D eigenvalue weighted by molar-refractivity contribution is -0.147. The van der Waals surface area contributed by atoms with Gasteiger partial charge in [0.25, 0.3) is 0 Å². The van der Waals surface area contributed by atoms with Crippen molar-refractivity contribution in [2.45, 2.75) is 19.3 Å². The van der Waals surface area contributed by atoms with Crippen molar-refractivity contribution in [3.8, 4) is 0 Å². The van der Waals surface area contributed by atoms with E-state index in [1.165, 1.54) is 12.7 Å². The highest BCUT2D eigenvalue weighted by Gasteiger charge is 2.25. The van der Waals surface area contributed by atoms with Gasteiger partial charge in [0, 0.05) is 24.6 Å². The van der Waals surface area contributed by atoms with Crippen LogP contribution < -0.4 is 5.32 Å². The van der Waals surface area contributed by atoms with Gasteiger partial charge >= 0.3 is 5.97 Å². The molecule has 0 unspecified atom stereocenters. The first-order chi connectivity index (χ1) is 12.6. The normalized spacial score (nSPS) is 15.6. The fourth-order valence-corrected chi connectivity index (χ4v) is 3.31. The van der Waals surface area contributed by atoms with Gasteiger partial charge in [-0.15, -0.1) is 0 Å². The van der Waals surface area contributed by atoms with Crippen molar-refractivity contribution in [1.82, 2.24) is 14.9 Å². The van der Waals surface area contributed by atoms with Crippen LogP contribution in [0, 0.1) is 5.92 Å². The van der Waals surface area contributed by atoms with Crippen LogP contribution in [0.4, 0.5) is 11.6 Å². The van der Waals surface area contributed by atoms with Gasteiger partial charge in [0.2, 0.25) is 5.95 Å². The fraction of sp³-hybridized carbons (Fsp3) is 0.421. The number of hydrogen-bond donors (Lipinski definition) is 1. The maximum absolute atomic E-state index is 11.6. The van der Waals surface area contributed by atoms with E-state index in [4.69, 9.17) is 4.74 Å². The Hall–Kier alpha value is -1.99. The number of hydrogen-bond acceptors (Lipinski definition) is 6. The Labute approximate surface area is 162 Å². The molecule has 1 aliphatic rings. The van der Waals surface area contributed by atoms with E-state index in [2.05, 4.69) is 48.2 Å². The summed E-state index contributed by atoms with van der Waals surface area (Å²) in [6, 6.07) is 8.35. The summed E-state index contributed by atoms with van der Waals surface area (Å²) in [6.45, 7) is 2.93.